The van der Waals surface area contributed by atoms with E-state index in [1.807, 2.05) is 0 Å². The van der Waals surface area contributed by atoms with Crippen LogP contribution in [0, 0.1) is 0 Å². The Hall–Kier alpha value is -1.05. The molecule has 0 bridgehead atoms. The highest BCUT2D eigenvalue weighted by atomic mass is 16.5. The summed E-state index contributed by atoms with van der Waals surface area (Å²) >= 11 is 0. The van der Waals surface area contributed by atoms with Crippen LogP contribution >= 0.6 is 0 Å². The van der Waals surface area contributed by atoms with Crippen molar-refractivity contribution in [3.63, 3.8) is 0 Å². The van der Waals surface area contributed by atoms with Crippen molar-refractivity contribution in [2.45, 2.75) is 206 Å². The predicted octanol–water partition coefficient (Wildman–Crippen LogP) is 13.4. The van der Waals surface area contributed by atoms with E-state index in [9.17, 15) is 4.79 Å². The fourth-order valence-corrected chi connectivity index (χ4v) is 5.34. The minimum absolute atomic E-state index is 0.00594. The van der Waals surface area contributed by atoms with Crippen LogP contribution in [0.25, 0.3) is 0 Å². The van der Waals surface area contributed by atoms with E-state index >= 15 is 0 Å². The van der Waals surface area contributed by atoms with E-state index in [-0.39, 0.29) is 5.97 Å². The highest BCUT2D eigenvalue weighted by molar-refractivity contribution is 5.69. The summed E-state index contributed by atoms with van der Waals surface area (Å²) in [6.45, 7) is 5.18. The largest absolute Gasteiger partial charge is 0.466 e. The Balaban J connectivity index is 3.23. The molecule has 0 N–H and O–H groups in total. The average molecular weight is 561 g/mol. The molecule has 0 amide bonds. The summed E-state index contributed by atoms with van der Waals surface area (Å²) in [4.78, 5) is 11.9. The van der Waals surface area contributed by atoms with Crippen LogP contribution in [0.3, 0.4) is 0 Å². The van der Waals surface area contributed by atoms with Crippen molar-refractivity contribution in [1.29, 1.82) is 0 Å². The number of unbranched alkanes of at least 4 members (excludes halogenated alkanes) is 25. The molecule has 0 aliphatic carbocycles. The monoisotopic (exact) mass is 561 g/mol. The van der Waals surface area contributed by atoms with Gasteiger partial charge < -0.3 is 4.74 Å². The van der Waals surface area contributed by atoms with Crippen LogP contribution in [0.4, 0.5) is 0 Å². The number of esters is 1. The molecule has 236 valence electrons. The molecular weight excluding hydrogens is 488 g/mol. The third kappa shape index (κ3) is 35.0. The molecule has 0 aliphatic rings. The number of allylic oxidation sites excluding steroid dienone is 4. The summed E-state index contributed by atoms with van der Waals surface area (Å²) in [6.07, 6.45) is 48.2. The summed E-state index contributed by atoms with van der Waals surface area (Å²) in [5.74, 6) is -0.00594. The molecule has 0 unspecified atom stereocenters. The SMILES string of the molecule is CCCCCCCCC=CCC=CCCCCC(=O)OCCCCCCCCCCCCCCCCCCCC. The van der Waals surface area contributed by atoms with Gasteiger partial charge in [0.2, 0.25) is 0 Å². The van der Waals surface area contributed by atoms with Gasteiger partial charge in [-0.05, 0) is 44.9 Å². The van der Waals surface area contributed by atoms with Gasteiger partial charge in [-0.3, -0.25) is 4.79 Å². The number of ether oxygens (including phenoxy) is 1. The quantitative estimate of drug-likeness (QED) is 0.0453. The third-order valence-electron chi connectivity index (χ3n) is 8.09. The Morgan fingerprint density at radius 1 is 0.425 bits per heavy atom. The van der Waals surface area contributed by atoms with Crippen molar-refractivity contribution in [2.75, 3.05) is 6.61 Å². The molecule has 0 rings (SSSR count). The number of carbonyl (C=O) groups is 1. The summed E-state index contributed by atoms with van der Waals surface area (Å²) in [5, 5.41) is 0. The number of hydrogen-bond acceptors (Lipinski definition) is 2. The van der Waals surface area contributed by atoms with Crippen LogP contribution in [0.1, 0.15) is 206 Å². The Kier molecular flexibility index (Phi) is 35.0. The fourth-order valence-electron chi connectivity index (χ4n) is 5.34. The first-order chi connectivity index (χ1) is 19.8. The Labute approximate surface area is 252 Å². The first-order valence-corrected chi connectivity index (χ1v) is 18.3. The lowest BCUT2D eigenvalue weighted by molar-refractivity contribution is -0.143. The van der Waals surface area contributed by atoms with Crippen LogP contribution in [0.15, 0.2) is 24.3 Å². The van der Waals surface area contributed by atoms with Crippen LogP contribution < -0.4 is 0 Å². The molecule has 0 saturated carbocycles. The number of rotatable bonds is 33. The normalized spacial score (nSPS) is 11.8. The standard InChI is InChI=1S/C38H72O2/c1-3-5-7-9-11-13-15-17-19-20-21-23-25-27-29-31-33-35-37-40-38(39)36-34-32-30-28-26-24-22-18-16-14-12-10-8-6-4-2/h18,22,26,28H,3-17,19-21,23-25,27,29-37H2,1-2H3. The zero-order valence-electron chi connectivity index (χ0n) is 27.5. The van der Waals surface area contributed by atoms with E-state index in [0.29, 0.717) is 13.0 Å². The fraction of sp³-hybridized carbons (Fsp3) is 0.868. The van der Waals surface area contributed by atoms with Crippen molar-refractivity contribution in [2.24, 2.45) is 0 Å². The maximum atomic E-state index is 11.9. The Bertz CT molecular complexity index is 536. The van der Waals surface area contributed by atoms with Crippen molar-refractivity contribution >= 4 is 5.97 Å². The molecule has 0 radical (unpaired) electrons. The maximum Gasteiger partial charge on any atom is 0.305 e. The van der Waals surface area contributed by atoms with Crippen LogP contribution in [-0.2, 0) is 9.53 Å². The first kappa shape index (κ1) is 39.0. The first-order valence-electron chi connectivity index (χ1n) is 18.3. The zero-order chi connectivity index (χ0) is 29.0. The van der Waals surface area contributed by atoms with Gasteiger partial charge in [-0.1, -0.05) is 179 Å². The number of hydrogen-bond donors (Lipinski definition) is 0. The van der Waals surface area contributed by atoms with E-state index in [1.54, 1.807) is 0 Å². The van der Waals surface area contributed by atoms with Gasteiger partial charge in [0, 0.05) is 6.42 Å². The molecule has 0 heterocycles. The highest BCUT2D eigenvalue weighted by Crippen LogP contribution is 2.14. The van der Waals surface area contributed by atoms with Gasteiger partial charge in [0.15, 0.2) is 0 Å². The molecule has 0 aliphatic heterocycles. The highest BCUT2D eigenvalue weighted by Gasteiger charge is 2.02. The second-order valence-corrected chi connectivity index (χ2v) is 12.2. The molecule has 0 fully saturated rings. The van der Waals surface area contributed by atoms with Crippen molar-refractivity contribution < 1.29 is 9.53 Å². The molecule has 2 nitrogen and oxygen atoms in total. The molecule has 0 aromatic rings. The number of carbonyl (C=O) groups excluding carboxylic acids is 1. The third-order valence-corrected chi connectivity index (χ3v) is 8.09. The van der Waals surface area contributed by atoms with Gasteiger partial charge in [0.05, 0.1) is 6.61 Å². The van der Waals surface area contributed by atoms with Crippen LogP contribution in [0.2, 0.25) is 0 Å². The van der Waals surface area contributed by atoms with E-state index in [1.165, 1.54) is 154 Å². The summed E-state index contributed by atoms with van der Waals surface area (Å²) in [7, 11) is 0. The Morgan fingerprint density at radius 2 is 0.775 bits per heavy atom. The molecule has 2 heteroatoms. The topological polar surface area (TPSA) is 26.3 Å². The Morgan fingerprint density at radius 3 is 1.20 bits per heavy atom. The smallest absolute Gasteiger partial charge is 0.305 e. The summed E-state index contributed by atoms with van der Waals surface area (Å²) in [5.41, 5.74) is 0. The lowest BCUT2D eigenvalue weighted by Gasteiger charge is -2.05. The molecule has 0 spiro atoms. The van der Waals surface area contributed by atoms with Crippen molar-refractivity contribution in [1.82, 2.24) is 0 Å². The van der Waals surface area contributed by atoms with Gasteiger partial charge in [-0.2, -0.15) is 0 Å². The second kappa shape index (κ2) is 36.0. The van der Waals surface area contributed by atoms with Crippen molar-refractivity contribution in [3.05, 3.63) is 24.3 Å². The van der Waals surface area contributed by atoms with E-state index < -0.39 is 0 Å². The lowest BCUT2D eigenvalue weighted by Crippen LogP contribution is -2.05. The predicted molar refractivity (Wildman–Crippen MR) is 179 cm³/mol. The van der Waals surface area contributed by atoms with Gasteiger partial charge >= 0.3 is 5.97 Å². The zero-order valence-corrected chi connectivity index (χ0v) is 27.5. The van der Waals surface area contributed by atoms with Crippen LogP contribution in [0.5, 0.6) is 0 Å². The minimum atomic E-state index is -0.00594. The van der Waals surface area contributed by atoms with E-state index in [2.05, 4.69) is 38.2 Å². The van der Waals surface area contributed by atoms with Gasteiger partial charge in [-0.25, -0.2) is 0 Å². The van der Waals surface area contributed by atoms with Crippen LogP contribution in [-0.4, -0.2) is 12.6 Å². The van der Waals surface area contributed by atoms with E-state index in [0.717, 1.165) is 32.1 Å². The summed E-state index contributed by atoms with van der Waals surface area (Å²) in [6, 6.07) is 0. The van der Waals surface area contributed by atoms with Gasteiger partial charge in [-0.15, -0.1) is 0 Å². The molecule has 40 heavy (non-hydrogen) atoms. The minimum Gasteiger partial charge on any atom is -0.466 e. The molecule has 0 atom stereocenters. The van der Waals surface area contributed by atoms with E-state index in [4.69, 9.17) is 4.74 Å². The second-order valence-electron chi connectivity index (χ2n) is 12.2. The molecule has 0 aromatic heterocycles. The maximum absolute atomic E-state index is 11.9. The van der Waals surface area contributed by atoms with Gasteiger partial charge in [0.25, 0.3) is 0 Å². The van der Waals surface area contributed by atoms with Crippen molar-refractivity contribution in [3.8, 4) is 0 Å². The molecule has 0 aromatic carbocycles. The lowest BCUT2D eigenvalue weighted by atomic mass is 10.0. The van der Waals surface area contributed by atoms with Gasteiger partial charge in [0.1, 0.15) is 0 Å². The molecule has 0 saturated heterocycles. The summed E-state index contributed by atoms with van der Waals surface area (Å²) < 4.78 is 5.42. The average Bonchev–Trinajstić information content (AvgIpc) is 2.96. The molecular formula is C38H72O2.